The summed E-state index contributed by atoms with van der Waals surface area (Å²) in [4.78, 5) is 15.2. The number of nitrogens with zero attached hydrogens (tertiary/aromatic N) is 2. The van der Waals surface area contributed by atoms with Gasteiger partial charge >= 0.3 is 6.18 Å². The molecule has 0 saturated carbocycles. The number of benzene rings is 2. The first-order valence-electron chi connectivity index (χ1n) is 7.06. The van der Waals surface area contributed by atoms with Crippen LogP contribution < -0.4 is 5.84 Å². The Morgan fingerprint density at radius 2 is 1.83 bits per heavy atom. The van der Waals surface area contributed by atoms with Gasteiger partial charge in [-0.3, -0.25) is 4.79 Å². The van der Waals surface area contributed by atoms with Crippen LogP contribution in [0.2, 0.25) is 0 Å². The Balaban J connectivity index is 2.67. The van der Waals surface area contributed by atoms with Gasteiger partial charge in [-0.25, -0.2) is 15.8 Å². The number of carbonyl (C=O) groups is 1. The first kappa shape index (κ1) is 17.7. The molecule has 7 heteroatoms. The van der Waals surface area contributed by atoms with E-state index >= 15 is 0 Å². The number of halogens is 3. The van der Waals surface area contributed by atoms with Gasteiger partial charge in [-0.1, -0.05) is 35.9 Å². The number of alkyl halides is 3. The molecule has 0 aromatic heterocycles. The van der Waals surface area contributed by atoms with Gasteiger partial charge in [-0.15, -0.1) is 0 Å². The average molecular weight is 335 g/mol. The zero-order valence-corrected chi connectivity index (χ0v) is 13.1. The van der Waals surface area contributed by atoms with Gasteiger partial charge in [0.05, 0.1) is 11.3 Å². The molecule has 24 heavy (non-hydrogen) atoms. The number of nitrogens with two attached hydrogens (primary N) is 1. The lowest BCUT2D eigenvalue weighted by Crippen LogP contribution is -2.37. The molecule has 0 saturated heterocycles. The van der Waals surface area contributed by atoms with Crippen LogP contribution in [0.5, 0.6) is 0 Å². The molecule has 2 aromatic carbocycles. The number of carbonyl (C=O) groups excluding carboxylic acids is 1. The highest BCUT2D eigenvalue weighted by molar-refractivity contribution is 6.05. The molecule has 0 atom stereocenters. The fourth-order valence-corrected chi connectivity index (χ4v) is 2.28. The van der Waals surface area contributed by atoms with Gasteiger partial charge in [0.2, 0.25) is 6.41 Å². The second kappa shape index (κ2) is 6.84. The number of aliphatic imine (C=N–C) groups is 1. The Morgan fingerprint density at radius 3 is 2.42 bits per heavy atom. The Hall–Kier alpha value is -2.67. The van der Waals surface area contributed by atoms with Gasteiger partial charge in [-0.05, 0) is 31.5 Å². The highest BCUT2D eigenvalue weighted by atomic mass is 19.4. The van der Waals surface area contributed by atoms with Crippen LogP contribution in [0.1, 0.15) is 22.3 Å². The number of amidine groups is 1. The molecule has 0 aliphatic rings. The first-order valence-corrected chi connectivity index (χ1v) is 7.06. The maximum absolute atomic E-state index is 13.2. The summed E-state index contributed by atoms with van der Waals surface area (Å²) >= 11 is 0. The topological polar surface area (TPSA) is 58.7 Å². The standard InChI is InChI=1S/C17H16F3N3O/c1-11-7-8-15(12(2)9-11)22-16(23(21)10-24)13-5-3-4-6-14(13)17(18,19)20/h3-10H,21H2,1-2H3. The van der Waals surface area contributed by atoms with Crippen molar-refractivity contribution in [1.29, 1.82) is 0 Å². The zero-order valence-electron chi connectivity index (χ0n) is 13.1. The first-order chi connectivity index (χ1) is 11.2. The summed E-state index contributed by atoms with van der Waals surface area (Å²) in [6.07, 6.45) is -4.38. The van der Waals surface area contributed by atoms with Crippen LogP contribution in [0.25, 0.3) is 0 Å². The molecule has 0 fully saturated rings. The van der Waals surface area contributed by atoms with Crippen molar-refractivity contribution in [3.8, 4) is 0 Å². The Labute approximate surface area is 137 Å². The summed E-state index contributed by atoms with van der Waals surface area (Å²) in [5.41, 5.74) is 1.01. The van der Waals surface area contributed by atoms with Crippen LogP contribution in [0.3, 0.4) is 0 Å². The molecule has 4 nitrogen and oxygen atoms in total. The fraction of sp³-hybridized carbons (Fsp3) is 0.176. The molecule has 1 amide bonds. The van der Waals surface area contributed by atoms with Crippen LogP contribution in [-0.4, -0.2) is 17.3 Å². The van der Waals surface area contributed by atoms with Crippen molar-refractivity contribution >= 4 is 17.9 Å². The van der Waals surface area contributed by atoms with Crippen molar-refractivity contribution in [2.24, 2.45) is 10.8 Å². The number of aryl methyl sites for hydroxylation is 2. The lowest BCUT2D eigenvalue weighted by molar-refractivity contribution is -0.137. The fourth-order valence-electron chi connectivity index (χ4n) is 2.28. The largest absolute Gasteiger partial charge is 0.417 e. The third-order valence-electron chi connectivity index (χ3n) is 3.41. The second-order valence-electron chi connectivity index (χ2n) is 5.28. The molecule has 2 N–H and O–H groups in total. The second-order valence-corrected chi connectivity index (χ2v) is 5.28. The van der Waals surface area contributed by atoms with Gasteiger partial charge < -0.3 is 0 Å². The van der Waals surface area contributed by atoms with Crippen molar-refractivity contribution in [3.63, 3.8) is 0 Å². The lowest BCUT2D eigenvalue weighted by Gasteiger charge is -2.19. The van der Waals surface area contributed by atoms with Gasteiger partial charge in [-0.2, -0.15) is 13.2 Å². The number of hydrazine groups is 1. The van der Waals surface area contributed by atoms with E-state index in [2.05, 4.69) is 4.99 Å². The van der Waals surface area contributed by atoms with E-state index in [9.17, 15) is 18.0 Å². The molecule has 2 rings (SSSR count). The number of rotatable bonds is 3. The molecule has 0 unspecified atom stereocenters. The highest BCUT2D eigenvalue weighted by Gasteiger charge is 2.35. The predicted octanol–water partition coefficient (Wildman–Crippen LogP) is 3.73. The van der Waals surface area contributed by atoms with E-state index < -0.39 is 11.7 Å². The number of hydrogen-bond donors (Lipinski definition) is 1. The van der Waals surface area contributed by atoms with Gasteiger partial charge in [0, 0.05) is 5.56 Å². The van der Waals surface area contributed by atoms with Crippen LogP contribution in [0.15, 0.2) is 47.5 Å². The normalized spacial score (nSPS) is 12.2. The molecule has 2 aromatic rings. The van der Waals surface area contributed by atoms with Crippen LogP contribution in [0, 0.1) is 13.8 Å². The zero-order chi connectivity index (χ0) is 17.9. The molecule has 0 aliphatic carbocycles. The van der Waals surface area contributed by atoms with Gasteiger partial charge in [0.1, 0.15) is 0 Å². The Morgan fingerprint density at radius 1 is 1.17 bits per heavy atom. The monoisotopic (exact) mass is 335 g/mol. The maximum Gasteiger partial charge on any atom is 0.417 e. The minimum atomic E-state index is -4.59. The van der Waals surface area contributed by atoms with Crippen LogP contribution in [0.4, 0.5) is 18.9 Å². The molecule has 0 bridgehead atoms. The van der Waals surface area contributed by atoms with Crippen LogP contribution >= 0.6 is 0 Å². The Bertz CT molecular complexity index is 785. The van der Waals surface area contributed by atoms with E-state index in [-0.39, 0.29) is 17.8 Å². The number of amides is 1. The van der Waals surface area contributed by atoms with Crippen molar-refractivity contribution in [1.82, 2.24) is 5.01 Å². The van der Waals surface area contributed by atoms with Crippen molar-refractivity contribution < 1.29 is 18.0 Å². The molecule has 0 radical (unpaired) electrons. The summed E-state index contributed by atoms with van der Waals surface area (Å²) in [6.45, 7) is 3.67. The van der Waals surface area contributed by atoms with E-state index in [1.807, 2.05) is 13.0 Å². The van der Waals surface area contributed by atoms with Crippen LogP contribution in [-0.2, 0) is 11.0 Å². The molecule has 0 aliphatic heterocycles. The van der Waals surface area contributed by atoms with E-state index in [1.165, 1.54) is 18.2 Å². The number of hydrogen-bond acceptors (Lipinski definition) is 3. The summed E-state index contributed by atoms with van der Waals surface area (Å²) in [6, 6.07) is 10.1. The molecule has 0 heterocycles. The summed E-state index contributed by atoms with van der Waals surface area (Å²) in [5, 5.41) is 0.546. The van der Waals surface area contributed by atoms with Crippen molar-refractivity contribution in [2.75, 3.05) is 0 Å². The average Bonchev–Trinajstić information content (AvgIpc) is 2.53. The third kappa shape index (κ3) is 3.80. The summed E-state index contributed by atoms with van der Waals surface area (Å²) in [5.74, 6) is 5.28. The SMILES string of the molecule is Cc1ccc(N=C(c2ccccc2C(F)(F)F)N(N)C=O)c(C)c1. The van der Waals surface area contributed by atoms with E-state index in [4.69, 9.17) is 5.84 Å². The van der Waals surface area contributed by atoms with Gasteiger partial charge in [0.15, 0.2) is 5.84 Å². The minimum Gasteiger partial charge on any atom is -0.277 e. The maximum atomic E-state index is 13.2. The smallest absolute Gasteiger partial charge is 0.277 e. The molecular formula is C17H16F3N3O. The van der Waals surface area contributed by atoms with Gasteiger partial charge in [0.25, 0.3) is 0 Å². The molecular weight excluding hydrogens is 319 g/mol. The predicted molar refractivity (Wildman–Crippen MR) is 85.6 cm³/mol. The van der Waals surface area contributed by atoms with Crippen molar-refractivity contribution in [3.05, 3.63) is 64.7 Å². The Kier molecular flexibility index (Phi) is 5.04. The summed E-state index contributed by atoms with van der Waals surface area (Å²) < 4.78 is 39.7. The summed E-state index contributed by atoms with van der Waals surface area (Å²) in [7, 11) is 0. The third-order valence-corrected chi connectivity index (χ3v) is 3.41. The quantitative estimate of drug-likeness (QED) is 0.232. The highest BCUT2D eigenvalue weighted by Crippen LogP contribution is 2.33. The van der Waals surface area contributed by atoms with E-state index in [0.717, 1.165) is 17.2 Å². The minimum absolute atomic E-state index is 0.218. The van der Waals surface area contributed by atoms with Crippen molar-refractivity contribution in [2.45, 2.75) is 20.0 Å². The molecule has 0 spiro atoms. The lowest BCUT2D eigenvalue weighted by atomic mass is 10.1. The van der Waals surface area contributed by atoms with E-state index in [0.29, 0.717) is 10.7 Å². The van der Waals surface area contributed by atoms with E-state index in [1.54, 1.807) is 19.1 Å². The molecule has 126 valence electrons.